The summed E-state index contributed by atoms with van der Waals surface area (Å²) in [6, 6.07) is 15.4. The third-order valence-corrected chi connectivity index (χ3v) is 5.25. The monoisotopic (exact) mass is 363 g/mol. The number of aromatic amines is 1. The molecule has 4 aromatic rings. The Morgan fingerprint density at radius 1 is 1.08 bits per heavy atom. The van der Waals surface area contributed by atoms with Gasteiger partial charge < -0.3 is 9.55 Å². The molecule has 2 aromatic carbocycles. The number of hydrogen-bond donors (Lipinski definition) is 1. The minimum Gasteiger partial charge on any atom is -0.309 e. The second kappa shape index (κ2) is 6.76. The summed E-state index contributed by atoms with van der Waals surface area (Å²) in [6.45, 7) is 2.06. The van der Waals surface area contributed by atoms with Crippen LogP contribution in [0.25, 0.3) is 22.3 Å². The van der Waals surface area contributed by atoms with Gasteiger partial charge in [0.05, 0.1) is 16.7 Å². The average molecular weight is 363 g/mol. The first-order valence-electron chi connectivity index (χ1n) is 8.19. The zero-order chi connectivity index (χ0) is 18.1. The molecule has 0 aliphatic heterocycles. The van der Waals surface area contributed by atoms with E-state index in [9.17, 15) is 4.79 Å². The van der Waals surface area contributed by atoms with Crippen LogP contribution in [0.2, 0.25) is 0 Å². The lowest BCUT2D eigenvalue weighted by Gasteiger charge is -2.06. The van der Waals surface area contributed by atoms with E-state index in [0.29, 0.717) is 22.5 Å². The summed E-state index contributed by atoms with van der Waals surface area (Å²) in [6.07, 6.45) is 0. The van der Waals surface area contributed by atoms with Crippen LogP contribution in [0.4, 0.5) is 0 Å². The molecule has 0 spiro atoms. The molecule has 0 unspecified atom stereocenters. The van der Waals surface area contributed by atoms with Gasteiger partial charge in [-0.05, 0) is 24.6 Å². The predicted octanol–water partition coefficient (Wildman–Crippen LogP) is 3.32. The van der Waals surface area contributed by atoms with Crippen LogP contribution in [0.5, 0.6) is 0 Å². The van der Waals surface area contributed by atoms with Crippen LogP contribution in [0, 0.1) is 6.92 Å². The Morgan fingerprint density at radius 3 is 2.69 bits per heavy atom. The Bertz CT molecular complexity index is 1150. The van der Waals surface area contributed by atoms with Crippen molar-refractivity contribution in [2.75, 3.05) is 0 Å². The largest absolute Gasteiger partial charge is 0.309 e. The number of para-hydroxylation sites is 1. The third kappa shape index (κ3) is 3.01. The number of aryl methyl sites for hydroxylation is 1. The lowest BCUT2D eigenvalue weighted by Crippen LogP contribution is -2.11. The zero-order valence-corrected chi connectivity index (χ0v) is 15.2. The van der Waals surface area contributed by atoms with E-state index in [1.807, 2.05) is 48.0 Å². The number of nitrogens with one attached hydrogen (secondary N) is 1. The van der Waals surface area contributed by atoms with E-state index in [0.717, 1.165) is 22.1 Å². The van der Waals surface area contributed by atoms with Crippen LogP contribution in [-0.2, 0) is 12.8 Å². The van der Waals surface area contributed by atoms with Gasteiger partial charge in [0.2, 0.25) is 0 Å². The number of fused-ring (bicyclic) bond motifs is 1. The molecular weight excluding hydrogens is 346 g/mol. The fourth-order valence-electron chi connectivity index (χ4n) is 2.84. The molecular formula is C19H17N5OS. The van der Waals surface area contributed by atoms with Crippen molar-refractivity contribution in [3.8, 4) is 11.4 Å². The highest BCUT2D eigenvalue weighted by Crippen LogP contribution is 2.26. The zero-order valence-electron chi connectivity index (χ0n) is 14.4. The highest BCUT2D eigenvalue weighted by Gasteiger charge is 2.13. The van der Waals surface area contributed by atoms with Gasteiger partial charge in [0.25, 0.3) is 5.56 Å². The van der Waals surface area contributed by atoms with Gasteiger partial charge in [-0.15, -0.1) is 10.2 Å². The van der Waals surface area contributed by atoms with E-state index < -0.39 is 0 Å². The topological polar surface area (TPSA) is 76.5 Å². The molecule has 2 aromatic heterocycles. The molecule has 0 saturated heterocycles. The van der Waals surface area contributed by atoms with Crippen LogP contribution >= 0.6 is 11.8 Å². The van der Waals surface area contributed by atoms with E-state index >= 15 is 0 Å². The third-order valence-electron chi connectivity index (χ3n) is 4.22. The van der Waals surface area contributed by atoms with Crippen LogP contribution in [0.15, 0.2) is 58.5 Å². The molecule has 0 saturated carbocycles. The first kappa shape index (κ1) is 16.5. The lowest BCUT2D eigenvalue weighted by molar-refractivity contribution is 0.792. The van der Waals surface area contributed by atoms with E-state index in [4.69, 9.17) is 0 Å². The maximum atomic E-state index is 12.2. The Morgan fingerprint density at radius 2 is 1.85 bits per heavy atom. The average Bonchev–Trinajstić information content (AvgIpc) is 3.01. The van der Waals surface area contributed by atoms with Gasteiger partial charge in [-0.25, -0.2) is 4.98 Å². The summed E-state index contributed by atoms with van der Waals surface area (Å²) in [5.74, 6) is 1.96. The highest BCUT2D eigenvalue weighted by molar-refractivity contribution is 7.98. The molecule has 2 heterocycles. The normalized spacial score (nSPS) is 11.2. The summed E-state index contributed by atoms with van der Waals surface area (Å²) in [5, 5.41) is 9.99. The van der Waals surface area contributed by atoms with E-state index in [1.54, 1.807) is 6.07 Å². The molecule has 0 bridgehead atoms. The van der Waals surface area contributed by atoms with E-state index in [-0.39, 0.29) is 5.56 Å². The van der Waals surface area contributed by atoms with Crippen molar-refractivity contribution in [1.29, 1.82) is 0 Å². The second-order valence-corrected chi connectivity index (χ2v) is 6.94. The van der Waals surface area contributed by atoms with Crippen LogP contribution in [0.1, 0.15) is 11.4 Å². The minimum absolute atomic E-state index is 0.121. The number of rotatable bonds is 4. The highest BCUT2D eigenvalue weighted by atomic mass is 32.2. The SMILES string of the molecule is Cc1ccccc1-c1nnc(SCc2nc3ccccc3c(=O)[nH]2)n1C. The number of nitrogens with zero attached hydrogens (tertiary/aromatic N) is 4. The smallest absolute Gasteiger partial charge is 0.258 e. The van der Waals surface area contributed by atoms with Crippen molar-refractivity contribution in [3.05, 3.63) is 70.3 Å². The molecule has 0 fully saturated rings. The number of benzene rings is 2. The van der Waals surface area contributed by atoms with Crippen molar-refractivity contribution in [3.63, 3.8) is 0 Å². The Kier molecular flexibility index (Phi) is 4.30. The minimum atomic E-state index is -0.121. The van der Waals surface area contributed by atoms with Crippen molar-refractivity contribution >= 4 is 22.7 Å². The van der Waals surface area contributed by atoms with Gasteiger partial charge in [-0.2, -0.15) is 0 Å². The Labute approximate surface area is 154 Å². The molecule has 4 rings (SSSR count). The van der Waals surface area contributed by atoms with Crippen molar-refractivity contribution in [2.24, 2.45) is 7.05 Å². The molecule has 1 N–H and O–H groups in total. The molecule has 0 amide bonds. The summed E-state index contributed by atoms with van der Waals surface area (Å²) in [5.41, 5.74) is 2.79. The Balaban J connectivity index is 1.60. The fourth-order valence-corrected chi connectivity index (χ4v) is 3.62. The lowest BCUT2D eigenvalue weighted by atomic mass is 10.1. The Hall–Kier alpha value is -2.93. The van der Waals surface area contributed by atoms with Crippen molar-refractivity contribution < 1.29 is 0 Å². The molecule has 0 aliphatic carbocycles. The van der Waals surface area contributed by atoms with Gasteiger partial charge in [-0.3, -0.25) is 4.79 Å². The maximum Gasteiger partial charge on any atom is 0.258 e. The maximum absolute atomic E-state index is 12.2. The standard InChI is InChI=1S/C19H17N5OS/c1-12-7-3-4-8-13(12)17-22-23-19(24(17)2)26-11-16-20-15-10-6-5-9-14(15)18(25)21-16/h3-10H,11H2,1-2H3,(H,20,21,25). The molecule has 0 aliphatic rings. The quantitative estimate of drug-likeness (QED) is 0.563. The summed E-state index contributed by atoms with van der Waals surface area (Å²) in [4.78, 5) is 19.5. The number of thioether (sulfide) groups is 1. The second-order valence-electron chi connectivity index (χ2n) is 6.00. The van der Waals surface area contributed by atoms with Gasteiger partial charge >= 0.3 is 0 Å². The van der Waals surface area contributed by atoms with Crippen LogP contribution < -0.4 is 5.56 Å². The van der Waals surface area contributed by atoms with Gasteiger partial charge in [-0.1, -0.05) is 48.2 Å². The van der Waals surface area contributed by atoms with E-state index in [1.165, 1.54) is 11.8 Å². The molecule has 7 heteroatoms. The summed E-state index contributed by atoms with van der Waals surface area (Å²) in [7, 11) is 1.95. The first-order valence-corrected chi connectivity index (χ1v) is 9.18. The van der Waals surface area contributed by atoms with Gasteiger partial charge in [0, 0.05) is 12.6 Å². The molecule has 130 valence electrons. The molecule has 0 radical (unpaired) electrons. The molecule has 26 heavy (non-hydrogen) atoms. The van der Waals surface area contributed by atoms with Crippen LogP contribution in [-0.4, -0.2) is 24.7 Å². The summed E-state index contributed by atoms with van der Waals surface area (Å²) >= 11 is 1.50. The van der Waals surface area contributed by atoms with Gasteiger partial charge in [0.1, 0.15) is 5.82 Å². The van der Waals surface area contributed by atoms with E-state index in [2.05, 4.69) is 33.2 Å². The van der Waals surface area contributed by atoms with Gasteiger partial charge in [0.15, 0.2) is 11.0 Å². The first-order chi connectivity index (χ1) is 12.6. The van der Waals surface area contributed by atoms with Crippen LogP contribution in [0.3, 0.4) is 0 Å². The van der Waals surface area contributed by atoms with Crippen molar-refractivity contribution in [2.45, 2.75) is 17.8 Å². The summed E-state index contributed by atoms with van der Waals surface area (Å²) < 4.78 is 1.96. The number of hydrogen-bond acceptors (Lipinski definition) is 5. The predicted molar refractivity (Wildman–Crippen MR) is 103 cm³/mol. The molecule has 6 nitrogen and oxygen atoms in total. The fraction of sp³-hybridized carbons (Fsp3) is 0.158. The number of aromatic nitrogens is 5. The number of H-pyrrole nitrogens is 1. The van der Waals surface area contributed by atoms with Crippen molar-refractivity contribution in [1.82, 2.24) is 24.7 Å². The molecule has 0 atom stereocenters.